The molecule has 39 heavy (non-hydrogen) atoms. The fraction of sp³-hybridized carbons (Fsp3) is 0. The molecule has 1 nitrogen and oxygen atoms in total. The molecule has 7 aromatic rings. The SMILES string of the molecule is c1ccc(-c2c(Nc3cccc([SiH](c4ccccc4)c4ccccc4)c3)ccc3c2sc2ccccc23)cc1. The standard InChI is InChI=1S/C36H27NSSi/c1-4-13-26(14-5-1)35-33(24-23-32-31-21-10-11-22-34(31)38-36(32)35)37-27-15-12-20-30(25-27)39(28-16-6-2-7-17-28)29-18-8-3-9-19-29/h1-25,37,39H. The number of hydrogen-bond donors (Lipinski definition) is 1. The largest absolute Gasteiger partial charge is 0.355 e. The fourth-order valence-electron chi connectivity index (χ4n) is 5.60. The van der Waals surface area contributed by atoms with Crippen LogP contribution >= 0.6 is 11.3 Å². The van der Waals surface area contributed by atoms with Gasteiger partial charge < -0.3 is 5.32 Å². The molecule has 3 heteroatoms. The molecular formula is C36H27NSSi. The molecule has 7 rings (SSSR count). The highest BCUT2D eigenvalue weighted by atomic mass is 32.1. The van der Waals surface area contributed by atoms with Crippen LogP contribution in [0.5, 0.6) is 0 Å². The van der Waals surface area contributed by atoms with E-state index in [-0.39, 0.29) is 0 Å². The monoisotopic (exact) mass is 533 g/mol. The highest BCUT2D eigenvalue weighted by molar-refractivity contribution is 7.26. The quantitative estimate of drug-likeness (QED) is 0.170. The summed E-state index contributed by atoms with van der Waals surface area (Å²) in [6.45, 7) is 0. The van der Waals surface area contributed by atoms with Gasteiger partial charge in [0.25, 0.3) is 0 Å². The molecular weight excluding hydrogens is 507 g/mol. The van der Waals surface area contributed by atoms with Gasteiger partial charge in [-0.3, -0.25) is 0 Å². The van der Waals surface area contributed by atoms with Crippen molar-refractivity contribution in [3.63, 3.8) is 0 Å². The van der Waals surface area contributed by atoms with Crippen LogP contribution < -0.4 is 20.9 Å². The van der Waals surface area contributed by atoms with E-state index in [1.54, 1.807) is 0 Å². The Morgan fingerprint density at radius 2 is 1.10 bits per heavy atom. The van der Waals surface area contributed by atoms with Gasteiger partial charge in [-0.15, -0.1) is 11.3 Å². The molecule has 0 aliphatic carbocycles. The molecule has 0 spiro atoms. The second kappa shape index (κ2) is 10.4. The van der Waals surface area contributed by atoms with E-state index in [2.05, 4.69) is 157 Å². The van der Waals surface area contributed by atoms with Crippen molar-refractivity contribution < 1.29 is 0 Å². The summed E-state index contributed by atoms with van der Waals surface area (Å²) < 4.78 is 2.65. The second-order valence-corrected chi connectivity index (χ2v) is 13.8. The van der Waals surface area contributed by atoms with Crippen molar-refractivity contribution in [2.24, 2.45) is 0 Å². The summed E-state index contributed by atoms with van der Waals surface area (Å²) in [5, 5.41) is 10.7. The highest BCUT2D eigenvalue weighted by Gasteiger charge is 2.20. The normalized spacial score (nSPS) is 11.3. The number of thiophene rings is 1. The van der Waals surface area contributed by atoms with E-state index >= 15 is 0 Å². The first-order chi connectivity index (χ1) is 19.3. The lowest BCUT2D eigenvalue weighted by atomic mass is 10.0. The maximum absolute atomic E-state index is 3.83. The Morgan fingerprint density at radius 1 is 0.487 bits per heavy atom. The van der Waals surface area contributed by atoms with E-state index in [0.717, 1.165) is 11.4 Å². The van der Waals surface area contributed by atoms with E-state index in [9.17, 15) is 0 Å². The lowest BCUT2D eigenvalue weighted by Gasteiger charge is -2.19. The zero-order chi connectivity index (χ0) is 26.0. The Labute approximate surface area is 234 Å². The van der Waals surface area contributed by atoms with Crippen LogP contribution in [-0.2, 0) is 0 Å². The van der Waals surface area contributed by atoms with Gasteiger partial charge in [-0.1, -0.05) is 143 Å². The topological polar surface area (TPSA) is 12.0 Å². The minimum Gasteiger partial charge on any atom is -0.355 e. The summed E-state index contributed by atoms with van der Waals surface area (Å²) in [5.74, 6) is 0. The molecule has 6 aromatic carbocycles. The minimum atomic E-state index is -1.62. The van der Waals surface area contributed by atoms with Gasteiger partial charge in [0.1, 0.15) is 8.80 Å². The van der Waals surface area contributed by atoms with Gasteiger partial charge in [-0.25, -0.2) is 0 Å². The molecule has 0 bridgehead atoms. The maximum Gasteiger partial charge on any atom is 0.133 e. The Balaban J connectivity index is 1.35. The van der Waals surface area contributed by atoms with Crippen LogP contribution in [0.15, 0.2) is 152 Å². The molecule has 1 aromatic heterocycles. The molecule has 0 saturated carbocycles. The summed E-state index contributed by atoms with van der Waals surface area (Å²) >= 11 is 1.88. The van der Waals surface area contributed by atoms with Crippen molar-refractivity contribution in [1.29, 1.82) is 0 Å². The Bertz CT molecular complexity index is 1840. The van der Waals surface area contributed by atoms with Crippen molar-refractivity contribution in [1.82, 2.24) is 0 Å². The number of anilines is 2. The molecule has 0 radical (unpaired) electrons. The van der Waals surface area contributed by atoms with E-state index < -0.39 is 8.80 Å². The summed E-state index contributed by atoms with van der Waals surface area (Å²) in [7, 11) is -1.62. The second-order valence-electron chi connectivity index (χ2n) is 9.83. The van der Waals surface area contributed by atoms with Gasteiger partial charge in [0.2, 0.25) is 0 Å². The third-order valence-electron chi connectivity index (χ3n) is 7.37. The van der Waals surface area contributed by atoms with E-state index in [1.807, 2.05) is 11.3 Å². The maximum atomic E-state index is 3.83. The zero-order valence-corrected chi connectivity index (χ0v) is 23.4. The van der Waals surface area contributed by atoms with Crippen LogP contribution in [0, 0.1) is 0 Å². The molecule has 1 heterocycles. The van der Waals surface area contributed by atoms with Crippen LogP contribution in [-0.4, -0.2) is 8.80 Å². The van der Waals surface area contributed by atoms with Crippen LogP contribution in [0.25, 0.3) is 31.3 Å². The van der Waals surface area contributed by atoms with Crippen molar-refractivity contribution in [2.75, 3.05) is 5.32 Å². The Kier molecular flexibility index (Phi) is 6.29. The summed E-state index contributed by atoms with van der Waals surface area (Å²) in [6.07, 6.45) is 0. The van der Waals surface area contributed by atoms with Gasteiger partial charge in [0.15, 0.2) is 0 Å². The third-order valence-corrected chi connectivity index (χ3v) is 11.7. The van der Waals surface area contributed by atoms with E-state index in [4.69, 9.17) is 0 Å². The van der Waals surface area contributed by atoms with Crippen molar-refractivity contribution in [2.45, 2.75) is 0 Å². The lowest BCUT2D eigenvalue weighted by Crippen LogP contribution is -2.51. The van der Waals surface area contributed by atoms with E-state index in [1.165, 1.54) is 46.9 Å². The molecule has 1 N–H and O–H groups in total. The zero-order valence-electron chi connectivity index (χ0n) is 21.4. The fourth-order valence-corrected chi connectivity index (χ4v) is 9.90. The van der Waals surface area contributed by atoms with Crippen molar-refractivity contribution in [3.05, 3.63) is 152 Å². The predicted octanol–water partition coefficient (Wildman–Crippen LogP) is 7.71. The first-order valence-corrected chi connectivity index (χ1v) is 15.9. The first-order valence-electron chi connectivity index (χ1n) is 13.3. The summed E-state index contributed by atoms with van der Waals surface area (Å²) in [6, 6.07) is 55.1. The average molecular weight is 534 g/mol. The van der Waals surface area contributed by atoms with Gasteiger partial charge in [0, 0.05) is 37.1 Å². The molecule has 0 unspecified atom stereocenters. The highest BCUT2D eigenvalue weighted by Crippen LogP contribution is 2.44. The summed E-state index contributed by atoms with van der Waals surface area (Å²) in [5.41, 5.74) is 4.75. The van der Waals surface area contributed by atoms with Crippen molar-refractivity contribution >= 4 is 67.2 Å². The van der Waals surface area contributed by atoms with E-state index in [0.29, 0.717) is 0 Å². The van der Waals surface area contributed by atoms with Crippen LogP contribution in [0.1, 0.15) is 0 Å². The molecule has 0 atom stereocenters. The van der Waals surface area contributed by atoms with Gasteiger partial charge >= 0.3 is 0 Å². The van der Waals surface area contributed by atoms with Gasteiger partial charge in [-0.2, -0.15) is 0 Å². The predicted molar refractivity (Wildman–Crippen MR) is 173 cm³/mol. The van der Waals surface area contributed by atoms with Crippen molar-refractivity contribution in [3.8, 4) is 11.1 Å². The summed E-state index contributed by atoms with van der Waals surface area (Å²) in [4.78, 5) is 0. The molecule has 0 aliphatic heterocycles. The number of fused-ring (bicyclic) bond motifs is 3. The van der Waals surface area contributed by atoms with Crippen LogP contribution in [0.3, 0.4) is 0 Å². The third kappa shape index (κ3) is 4.57. The van der Waals surface area contributed by atoms with Gasteiger partial charge in [-0.05, 0) is 29.8 Å². The van der Waals surface area contributed by atoms with Gasteiger partial charge in [0.05, 0.1) is 0 Å². The minimum absolute atomic E-state index is 1.12. The molecule has 0 aliphatic rings. The average Bonchev–Trinajstić information content (AvgIpc) is 3.38. The van der Waals surface area contributed by atoms with Crippen LogP contribution in [0.4, 0.5) is 11.4 Å². The smallest absolute Gasteiger partial charge is 0.133 e. The number of nitrogens with one attached hydrogen (secondary N) is 1. The molecule has 0 saturated heterocycles. The Hall–Kier alpha value is -4.44. The molecule has 186 valence electrons. The number of benzene rings is 6. The number of rotatable bonds is 6. The number of hydrogen-bond acceptors (Lipinski definition) is 2. The Morgan fingerprint density at radius 3 is 1.82 bits per heavy atom. The van der Waals surface area contributed by atoms with Crippen LogP contribution in [0.2, 0.25) is 0 Å². The lowest BCUT2D eigenvalue weighted by molar-refractivity contribution is 1.57. The first kappa shape index (κ1) is 23.7. The molecule has 0 amide bonds. The molecule has 0 fully saturated rings.